The van der Waals surface area contributed by atoms with E-state index in [0.717, 1.165) is 23.4 Å². The lowest BCUT2D eigenvalue weighted by molar-refractivity contribution is -0.139. The maximum atomic E-state index is 12.0. The highest BCUT2D eigenvalue weighted by Gasteiger charge is 2.21. The molecular formula is C13H21N3O3S. The molecule has 0 aliphatic heterocycles. The van der Waals surface area contributed by atoms with E-state index in [-0.39, 0.29) is 6.03 Å². The predicted octanol–water partition coefficient (Wildman–Crippen LogP) is 2.24. The molecule has 1 aromatic rings. The molecule has 2 amide bonds. The van der Waals surface area contributed by atoms with Gasteiger partial charge in [0, 0.05) is 11.9 Å². The van der Waals surface area contributed by atoms with Crippen LogP contribution in [0.1, 0.15) is 36.8 Å². The number of amides is 2. The van der Waals surface area contributed by atoms with Gasteiger partial charge in [0.1, 0.15) is 6.04 Å². The van der Waals surface area contributed by atoms with Crippen molar-refractivity contribution in [3.63, 3.8) is 0 Å². The smallest absolute Gasteiger partial charge is 0.326 e. The molecule has 0 unspecified atom stereocenters. The maximum Gasteiger partial charge on any atom is 0.326 e. The summed E-state index contributed by atoms with van der Waals surface area (Å²) in [6.07, 6.45) is 2.12. The fourth-order valence-electron chi connectivity index (χ4n) is 1.69. The normalized spacial score (nSPS) is 11.9. The van der Waals surface area contributed by atoms with Gasteiger partial charge >= 0.3 is 12.0 Å². The Balaban J connectivity index is 2.55. The zero-order valence-corrected chi connectivity index (χ0v) is 12.9. The van der Waals surface area contributed by atoms with E-state index in [1.165, 1.54) is 16.2 Å². The molecular weight excluding hydrogens is 278 g/mol. The Kier molecular flexibility index (Phi) is 6.44. The van der Waals surface area contributed by atoms with Crippen molar-refractivity contribution in [2.75, 3.05) is 7.05 Å². The second-order valence-electron chi connectivity index (χ2n) is 4.70. The Labute approximate surface area is 122 Å². The second-order valence-corrected chi connectivity index (χ2v) is 5.64. The number of urea groups is 1. The SMILES string of the molecule is CCCC[C@H](NC(=O)N(C)Cc1scnc1C)C(=O)O. The summed E-state index contributed by atoms with van der Waals surface area (Å²) in [5.41, 5.74) is 2.63. The third-order valence-electron chi connectivity index (χ3n) is 3.01. The number of carbonyl (C=O) groups is 2. The van der Waals surface area contributed by atoms with Crippen molar-refractivity contribution >= 4 is 23.3 Å². The van der Waals surface area contributed by atoms with Crippen molar-refractivity contribution in [2.24, 2.45) is 0 Å². The van der Waals surface area contributed by atoms with Gasteiger partial charge in [-0.25, -0.2) is 14.6 Å². The van der Waals surface area contributed by atoms with Crippen LogP contribution in [-0.2, 0) is 11.3 Å². The van der Waals surface area contributed by atoms with Crippen LogP contribution in [0.4, 0.5) is 4.79 Å². The summed E-state index contributed by atoms with van der Waals surface area (Å²) in [6, 6.07) is -1.20. The molecule has 7 heteroatoms. The van der Waals surface area contributed by atoms with E-state index in [0.29, 0.717) is 13.0 Å². The largest absolute Gasteiger partial charge is 0.480 e. The van der Waals surface area contributed by atoms with Gasteiger partial charge in [-0.1, -0.05) is 19.8 Å². The molecule has 0 aromatic carbocycles. The van der Waals surface area contributed by atoms with Crippen molar-refractivity contribution in [3.05, 3.63) is 16.1 Å². The lowest BCUT2D eigenvalue weighted by atomic mass is 10.1. The molecule has 0 saturated carbocycles. The molecule has 6 nitrogen and oxygen atoms in total. The van der Waals surface area contributed by atoms with Crippen LogP contribution >= 0.6 is 11.3 Å². The first-order chi connectivity index (χ1) is 9.45. The number of hydrogen-bond acceptors (Lipinski definition) is 4. The van der Waals surface area contributed by atoms with E-state index in [1.807, 2.05) is 13.8 Å². The van der Waals surface area contributed by atoms with Gasteiger partial charge in [0.15, 0.2) is 0 Å². The van der Waals surface area contributed by atoms with Gasteiger partial charge in [0.2, 0.25) is 0 Å². The zero-order chi connectivity index (χ0) is 15.1. The van der Waals surface area contributed by atoms with Gasteiger partial charge in [-0.05, 0) is 13.3 Å². The van der Waals surface area contributed by atoms with E-state index in [2.05, 4.69) is 10.3 Å². The Hall–Kier alpha value is -1.63. The predicted molar refractivity (Wildman–Crippen MR) is 77.8 cm³/mol. The Morgan fingerprint density at radius 3 is 2.75 bits per heavy atom. The molecule has 1 heterocycles. The molecule has 1 rings (SSSR count). The standard InChI is InChI=1S/C13H21N3O3S/c1-4-5-6-10(12(17)18)15-13(19)16(3)7-11-9(2)14-8-20-11/h8,10H,4-7H2,1-3H3,(H,15,19)(H,17,18)/t10-/m0/s1. The molecule has 0 bridgehead atoms. The van der Waals surface area contributed by atoms with Crippen molar-refractivity contribution in [2.45, 2.75) is 45.7 Å². The number of aryl methyl sites for hydroxylation is 1. The van der Waals surface area contributed by atoms with Crippen LogP contribution in [0, 0.1) is 6.92 Å². The summed E-state index contributed by atoms with van der Waals surface area (Å²) in [6.45, 7) is 4.31. The van der Waals surface area contributed by atoms with Gasteiger partial charge < -0.3 is 15.3 Å². The number of unbranched alkanes of at least 4 members (excludes halogenated alkanes) is 1. The molecule has 0 spiro atoms. The van der Waals surface area contributed by atoms with Gasteiger partial charge in [0.05, 0.1) is 17.7 Å². The van der Waals surface area contributed by atoms with Crippen LogP contribution in [0.5, 0.6) is 0 Å². The van der Waals surface area contributed by atoms with E-state index < -0.39 is 12.0 Å². The van der Waals surface area contributed by atoms with Gasteiger partial charge in [0.25, 0.3) is 0 Å². The number of hydrogen-bond donors (Lipinski definition) is 2. The summed E-state index contributed by atoms with van der Waals surface area (Å²) >= 11 is 1.49. The van der Waals surface area contributed by atoms with Crippen molar-refractivity contribution in [1.29, 1.82) is 0 Å². The molecule has 20 heavy (non-hydrogen) atoms. The number of thiazole rings is 1. The highest BCUT2D eigenvalue weighted by atomic mass is 32.1. The van der Waals surface area contributed by atoms with E-state index >= 15 is 0 Å². The quantitative estimate of drug-likeness (QED) is 0.809. The average Bonchev–Trinajstić information content (AvgIpc) is 2.79. The molecule has 0 radical (unpaired) electrons. The number of carboxylic acid groups (broad SMARTS) is 1. The van der Waals surface area contributed by atoms with Crippen molar-refractivity contribution in [3.8, 4) is 0 Å². The number of carbonyl (C=O) groups excluding carboxylic acids is 1. The molecule has 0 aliphatic carbocycles. The van der Waals surface area contributed by atoms with Crippen molar-refractivity contribution < 1.29 is 14.7 Å². The molecule has 1 atom stereocenters. The minimum Gasteiger partial charge on any atom is -0.480 e. The third kappa shape index (κ3) is 4.80. The van der Waals surface area contributed by atoms with Crippen LogP contribution in [0.15, 0.2) is 5.51 Å². The monoisotopic (exact) mass is 299 g/mol. The van der Waals surface area contributed by atoms with E-state index in [1.54, 1.807) is 12.6 Å². The highest BCUT2D eigenvalue weighted by Crippen LogP contribution is 2.14. The molecule has 0 aliphatic rings. The number of rotatable bonds is 7. The fourth-order valence-corrected chi connectivity index (χ4v) is 2.52. The molecule has 0 saturated heterocycles. The first kappa shape index (κ1) is 16.4. The van der Waals surface area contributed by atoms with Gasteiger partial charge in [-0.3, -0.25) is 0 Å². The minimum atomic E-state index is -0.992. The van der Waals surface area contributed by atoms with Gasteiger partial charge in [-0.2, -0.15) is 0 Å². The number of aliphatic carboxylic acids is 1. The fraction of sp³-hybridized carbons (Fsp3) is 0.615. The summed E-state index contributed by atoms with van der Waals surface area (Å²) in [5.74, 6) is -0.992. The number of aromatic nitrogens is 1. The lowest BCUT2D eigenvalue weighted by Gasteiger charge is -2.21. The van der Waals surface area contributed by atoms with Crippen LogP contribution in [0.25, 0.3) is 0 Å². The number of carboxylic acids is 1. The third-order valence-corrected chi connectivity index (χ3v) is 3.93. The average molecular weight is 299 g/mol. The van der Waals surface area contributed by atoms with Crippen LogP contribution in [0.2, 0.25) is 0 Å². The van der Waals surface area contributed by atoms with Gasteiger partial charge in [-0.15, -0.1) is 11.3 Å². The number of nitrogens with zero attached hydrogens (tertiary/aromatic N) is 2. The van der Waals surface area contributed by atoms with Crippen molar-refractivity contribution in [1.82, 2.24) is 15.2 Å². The molecule has 1 aromatic heterocycles. The number of nitrogens with one attached hydrogen (secondary N) is 1. The molecule has 2 N–H and O–H groups in total. The molecule has 0 fully saturated rings. The first-order valence-electron chi connectivity index (χ1n) is 6.59. The Bertz CT molecular complexity index is 461. The maximum absolute atomic E-state index is 12.0. The highest BCUT2D eigenvalue weighted by molar-refractivity contribution is 7.09. The Morgan fingerprint density at radius 1 is 1.55 bits per heavy atom. The zero-order valence-electron chi connectivity index (χ0n) is 12.0. The van der Waals surface area contributed by atoms with E-state index in [4.69, 9.17) is 5.11 Å². The summed E-state index contributed by atoms with van der Waals surface area (Å²) in [5, 5.41) is 11.6. The second kappa shape index (κ2) is 7.84. The summed E-state index contributed by atoms with van der Waals surface area (Å²) in [4.78, 5) is 29.7. The first-order valence-corrected chi connectivity index (χ1v) is 7.47. The minimum absolute atomic E-state index is 0.374. The van der Waals surface area contributed by atoms with Crippen LogP contribution in [-0.4, -0.2) is 40.1 Å². The molecule has 112 valence electrons. The lowest BCUT2D eigenvalue weighted by Crippen LogP contribution is -2.46. The topological polar surface area (TPSA) is 82.5 Å². The van der Waals surface area contributed by atoms with Crippen LogP contribution in [0.3, 0.4) is 0 Å². The van der Waals surface area contributed by atoms with Crippen LogP contribution < -0.4 is 5.32 Å². The van der Waals surface area contributed by atoms with E-state index in [9.17, 15) is 9.59 Å². The summed E-state index contributed by atoms with van der Waals surface area (Å²) in [7, 11) is 1.65. The summed E-state index contributed by atoms with van der Waals surface area (Å²) < 4.78 is 0. The Morgan fingerprint density at radius 2 is 2.25 bits per heavy atom.